The molecule has 2 aromatic carbocycles. The highest BCUT2D eigenvalue weighted by Crippen LogP contribution is 2.34. The average molecular weight is 412 g/mol. The van der Waals surface area contributed by atoms with E-state index < -0.39 is 0 Å². The summed E-state index contributed by atoms with van der Waals surface area (Å²) in [7, 11) is 3.08. The van der Waals surface area contributed by atoms with E-state index in [0.29, 0.717) is 28.7 Å². The minimum absolute atomic E-state index is 0.223. The van der Waals surface area contributed by atoms with Gasteiger partial charge < -0.3 is 9.47 Å². The van der Waals surface area contributed by atoms with Crippen LogP contribution < -0.4 is 14.4 Å². The van der Waals surface area contributed by atoms with Crippen LogP contribution in [0.4, 0.5) is 5.13 Å². The van der Waals surface area contributed by atoms with Gasteiger partial charge in [-0.3, -0.25) is 9.69 Å². The molecule has 0 saturated carbocycles. The number of hydrogen-bond donors (Lipinski definition) is 0. The summed E-state index contributed by atoms with van der Waals surface area (Å²) in [5.74, 6) is 0.948. The molecule has 3 aromatic rings. The Balaban J connectivity index is 2.02. The maximum absolute atomic E-state index is 13.5. The fourth-order valence-electron chi connectivity index (χ4n) is 2.95. The van der Waals surface area contributed by atoms with Crippen molar-refractivity contribution in [2.75, 3.05) is 25.7 Å². The first-order valence-electron chi connectivity index (χ1n) is 9.38. The molecule has 0 unspecified atom stereocenters. The third-order valence-corrected chi connectivity index (χ3v) is 5.37. The van der Waals surface area contributed by atoms with E-state index >= 15 is 0 Å². The van der Waals surface area contributed by atoms with E-state index in [4.69, 9.17) is 9.47 Å². The van der Waals surface area contributed by atoms with Crippen molar-refractivity contribution in [1.29, 1.82) is 0 Å². The van der Waals surface area contributed by atoms with Gasteiger partial charge in [-0.2, -0.15) is 0 Å². The van der Waals surface area contributed by atoms with E-state index in [2.05, 4.69) is 24.0 Å². The molecule has 0 aliphatic heterocycles. The summed E-state index contributed by atoms with van der Waals surface area (Å²) in [6, 6.07) is 13.4. The van der Waals surface area contributed by atoms with Crippen LogP contribution in [0.5, 0.6) is 11.5 Å². The van der Waals surface area contributed by atoms with Crippen LogP contribution >= 0.6 is 11.3 Å². The molecule has 0 aliphatic rings. The van der Waals surface area contributed by atoms with Crippen molar-refractivity contribution in [2.24, 2.45) is 5.92 Å². The number of hydrogen-bond acceptors (Lipinski definition) is 6. The lowest BCUT2D eigenvalue weighted by atomic mass is 10.1. The molecule has 0 fully saturated rings. The highest BCUT2D eigenvalue weighted by atomic mass is 32.1. The summed E-state index contributed by atoms with van der Waals surface area (Å²) in [4.78, 5) is 15.2. The number of aromatic nitrogens is 2. The van der Waals surface area contributed by atoms with Crippen molar-refractivity contribution >= 4 is 22.4 Å². The van der Waals surface area contributed by atoms with Gasteiger partial charge in [-0.25, -0.2) is 0 Å². The zero-order valence-corrected chi connectivity index (χ0v) is 18.1. The Labute approximate surface area is 175 Å². The number of rotatable bonds is 7. The molecule has 0 atom stereocenters. The van der Waals surface area contributed by atoms with Crippen LogP contribution in [0, 0.1) is 12.8 Å². The van der Waals surface area contributed by atoms with Crippen molar-refractivity contribution < 1.29 is 14.3 Å². The van der Waals surface area contributed by atoms with E-state index in [9.17, 15) is 4.79 Å². The lowest BCUT2D eigenvalue weighted by Crippen LogP contribution is -2.34. The number of amides is 1. The van der Waals surface area contributed by atoms with Gasteiger partial charge in [0, 0.05) is 12.1 Å². The molecular weight excluding hydrogens is 386 g/mol. The van der Waals surface area contributed by atoms with Gasteiger partial charge in [-0.15, -0.1) is 10.2 Å². The Morgan fingerprint density at radius 1 is 1.03 bits per heavy atom. The molecular formula is C22H25N3O3S. The maximum atomic E-state index is 13.5. The predicted octanol–water partition coefficient (Wildman–Crippen LogP) is 4.83. The standard InChI is InChI=1S/C22H25N3O3S/c1-14(2)13-25(21(26)19-17(27-4)7-6-8-18(19)28-5)22-24-23-20(29-22)16-11-9-15(3)10-12-16/h6-12,14H,13H2,1-5H3. The van der Waals surface area contributed by atoms with Crippen LogP contribution in [0.2, 0.25) is 0 Å². The van der Waals surface area contributed by atoms with Crippen molar-refractivity contribution in [2.45, 2.75) is 20.8 Å². The van der Waals surface area contributed by atoms with E-state index in [1.165, 1.54) is 16.9 Å². The number of ether oxygens (including phenoxy) is 2. The zero-order chi connectivity index (χ0) is 21.0. The van der Waals surface area contributed by atoms with Crippen LogP contribution in [-0.2, 0) is 0 Å². The second-order valence-electron chi connectivity index (χ2n) is 7.10. The average Bonchev–Trinajstić information content (AvgIpc) is 3.21. The second kappa shape index (κ2) is 9.05. The molecule has 0 radical (unpaired) electrons. The smallest absolute Gasteiger partial charge is 0.267 e. The van der Waals surface area contributed by atoms with Crippen molar-refractivity contribution in [1.82, 2.24) is 10.2 Å². The minimum Gasteiger partial charge on any atom is -0.496 e. The van der Waals surface area contributed by atoms with Gasteiger partial charge in [0.2, 0.25) is 5.13 Å². The first kappa shape index (κ1) is 20.8. The number of carbonyl (C=O) groups is 1. The molecule has 0 saturated heterocycles. The zero-order valence-electron chi connectivity index (χ0n) is 17.3. The largest absolute Gasteiger partial charge is 0.496 e. The molecule has 29 heavy (non-hydrogen) atoms. The first-order valence-corrected chi connectivity index (χ1v) is 10.2. The SMILES string of the molecule is COc1cccc(OC)c1C(=O)N(CC(C)C)c1nnc(-c2ccc(C)cc2)s1. The van der Waals surface area contributed by atoms with Crippen LogP contribution in [-0.4, -0.2) is 36.9 Å². The van der Waals surface area contributed by atoms with Gasteiger partial charge in [0.1, 0.15) is 22.1 Å². The van der Waals surface area contributed by atoms with E-state index in [-0.39, 0.29) is 11.8 Å². The predicted molar refractivity (Wildman–Crippen MR) is 116 cm³/mol. The van der Waals surface area contributed by atoms with Crippen LogP contribution in [0.15, 0.2) is 42.5 Å². The summed E-state index contributed by atoms with van der Waals surface area (Å²) in [5.41, 5.74) is 2.54. The second-order valence-corrected chi connectivity index (χ2v) is 8.06. The molecule has 7 heteroatoms. The van der Waals surface area contributed by atoms with Crippen molar-refractivity contribution in [3.05, 3.63) is 53.6 Å². The van der Waals surface area contributed by atoms with Crippen molar-refractivity contribution in [3.63, 3.8) is 0 Å². The summed E-state index contributed by atoms with van der Waals surface area (Å²) in [6.45, 7) is 6.66. The quantitative estimate of drug-likeness (QED) is 0.557. The van der Waals surface area contributed by atoms with Crippen molar-refractivity contribution in [3.8, 4) is 22.1 Å². The van der Waals surface area contributed by atoms with Gasteiger partial charge in [0.25, 0.3) is 5.91 Å². The third-order valence-electron chi connectivity index (χ3n) is 4.38. The van der Waals surface area contributed by atoms with Gasteiger partial charge in [0.05, 0.1) is 14.2 Å². The minimum atomic E-state index is -0.223. The van der Waals surface area contributed by atoms with E-state index in [0.717, 1.165) is 10.6 Å². The molecule has 3 rings (SSSR count). The Kier molecular flexibility index (Phi) is 6.49. The van der Waals surface area contributed by atoms with Crippen LogP contribution in [0.3, 0.4) is 0 Å². The third kappa shape index (κ3) is 4.56. The van der Waals surface area contributed by atoms with Gasteiger partial charge in [-0.1, -0.05) is 61.1 Å². The first-order chi connectivity index (χ1) is 13.9. The fraction of sp³-hybridized carbons (Fsp3) is 0.318. The summed E-state index contributed by atoms with van der Waals surface area (Å²) in [5, 5.41) is 9.96. The lowest BCUT2D eigenvalue weighted by molar-refractivity contribution is 0.0977. The topological polar surface area (TPSA) is 64.6 Å². The molecule has 1 amide bonds. The van der Waals surface area contributed by atoms with Gasteiger partial charge in [0.15, 0.2) is 0 Å². The molecule has 0 spiro atoms. The summed E-state index contributed by atoms with van der Waals surface area (Å²) < 4.78 is 10.9. The molecule has 6 nitrogen and oxygen atoms in total. The molecule has 0 N–H and O–H groups in total. The summed E-state index contributed by atoms with van der Waals surface area (Å²) in [6.07, 6.45) is 0. The lowest BCUT2D eigenvalue weighted by Gasteiger charge is -2.23. The molecule has 1 aromatic heterocycles. The number of aryl methyl sites for hydroxylation is 1. The maximum Gasteiger partial charge on any atom is 0.267 e. The van der Waals surface area contributed by atoms with Gasteiger partial charge >= 0.3 is 0 Å². The fourth-order valence-corrected chi connectivity index (χ4v) is 3.81. The number of methoxy groups -OCH3 is 2. The van der Waals surface area contributed by atoms with E-state index in [1.807, 2.05) is 31.2 Å². The monoisotopic (exact) mass is 411 g/mol. The van der Waals surface area contributed by atoms with Gasteiger partial charge in [-0.05, 0) is 25.0 Å². The number of benzene rings is 2. The Morgan fingerprint density at radius 2 is 1.66 bits per heavy atom. The number of carbonyl (C=O) groups excluding carboxylic acids is 1. The molecule has 152 valence electrons. The van der Waals surface area contributed by atoms with Crippen LogP contribution in [0.25, 0.3) is 10.6 Å². The van der Waals surface area contributed by atoms with Crippen LogP contribution in [0.1, 0.15) is 29.8 Å². The number of anilines is 1. The summed E-state index contributed by atoms with van der Waals surface area (Å²) >= 11 is 1.39. The normalized spacial score (nSPS) is 10.8. The Hall–Kier alpha value is -2.93. The van der Waals surface area contributed by atoms with E-state index in [1.54, 1.807) is 37.3 Å². The highest BCUT2D eigenvalue weighted by molar-refractivity contribution is 7.18. The highest BCUT2D eigenvalue weighted by Gasteiger charge is 2.28. The molecule has 0 aliphatic carbocycles. The number of nitrogens with zero attached hydrogens (tertiary/aromatic N) is 3. The Bertz CT molecular complexity index is 961. The Morgan fingerprint density at radius 3 is 2.21 bits per heavy atom. The molecule has 1 heterocycles. The molecule has 0 bridgehead atoms.